The van der Waals surface area contributed by atoms with E-state index in [2.05, 4.69) is 14.8 Å². The van der Waals surface area contributed by atoms with Crippen LogP contribution in [0.15, 0.2) is 36.8 Å². The monoisotopic (exact) mass is 290 g/mol. The summed E-state index contributed by atoms with van der Waals surface area (Å²) in [6, 6.07) is 3.58. The van der Waals surface area contributed by atoms with E-state index in [9.17, 15) is 9.00 Å². The lowest BCUT2D eigenvalue weighted by Crippen LogP contribution is -2.17. The first-order valence-corrected chi connectivity index (χ1v) is 6.82. The number of carbonyl (C=O) groups excluding carboxylic acids is 1. The quantitative estimate of drug-likeness (QED) is 0.892. The molecule has 1 unspecified atom stereocenters. The normalized spacial score (nSPS) is 17.8. The second-order valence-corrected chi connectivity index (χ2v) is 5.14. The summed E-state index contributed by atoms with van der Waals surface area (Å²) in [5.41, 5.74) is 1.65. The first kappa shape index (κ1) is 12.5. The zero-order valence-electron chi connectivity index (χ0n) is 10.4. The number of hydrogen-bond donors (Lipinski definition) is 1. The van der Waals surface area contributed by atoms with Crippen molar-refractivity contribution in [2.75, 3.05) is 7.11 Å². The van der Waals surface area contributed by atoms with Crippen molar-refractivity contribution in [1.82, 2.24) is 19.5 Å². The van der Waals surface area contributed by atoms with Gasteiger partial charge in [0.15, 0.2) is 16.0 Å². The van der Waals surface area contributed by atoms with Crippen LogP contribution < -0.4 is 9.46 Å². The first-order valence-electron chi connectivity index (χ1n) is 5.67. The fourth-order valence-electron chi connectivity index (χ4n) is 1.75. The average molecular weight is 290 g/mol. The van der Waals surface area contributed by atoms with Crippen LogP contribution >= 0.6 is 0 Å². The number of methoxy groups -OCH3 is 1. The van der Waals surface area contributed by atoms with Crippen molar-refractivity contribution < 1.29 is 13.7 Å². The Morgan fingerprint density at radius 2 is 2.15 bits per heavy atom. The topological polar surface area (TPSA) is 86.1 Å². The second-order valence-electron chi connectivity index (χ2n) is 3.98. The number of nitrogens with zero attached hydrogens (tertiary/aromatic N) is 3. The summed E-state index contributed by atoms with van der Waals surface area (Å²) in [5, 5.41) is 4.41. The lowest BCUT2D eigenvalue weighted by atomic mass is 10.2. The predicted molar refractivity (Wildman–Crippen MR) is 72.6 cm³/mol. The molecule has 3 rings (SSSR count). The van der Waals surface area contributed by atoms with E-state index in [1.165, 1.54) is 10.8 Å². The number of ether oxygens (including phenoxy) is 1. The molecule has 0 bridgehead atoms. The highest BCUT2D eigenvalue weighted by Gasteiger charge is 2.21. The van der Waals surface area contributed by atoms with E-state index < -0.39 is 11.0 Å². The highest BCUT2D eigenvalue weighted by molar-refractivity contribution is 7.93. The van der Waals surface area contributed by atoms with E-state index in [1.54, 1.807) is 31.8 Å². The van der Waals surface area contributed by atoms with Crippen LogP contribution in [0.5, 0.6) is 5.88 Å². The van der Waals surface area contributed by atoms with Crippen LogP contribution in [0.1, 0.15) is 0 Å². The number of hydrogen-bond acceptors (Lipinski definition) is 5. The van der Waals surface area contributed by atoms with Crippen LogP contribution in [0.4, 0.5) is 0 Å². The van der Waals surface area contributed by atoms with E-state index in [4.69, 9.17) is 4.74 Å². The van der Waals surface area contributed by atoms with Crippen LogP contribution in [0, 0.1) is 0 Å². The maximum Gasteiger partial charge on any atom is 0.258 e. The molecule has 0 spiro atoms. The molecule has 1 atom stereocenters. The summed E-state index contributed by atoms with van der Waals surface area (Å²) in [6.45, 7) is 0. The SMILES string of the molecule is COc1ccc(-c2cnn(C3=CC(=O)NS3=O)c2)cn1. The van der Waals surface area contributed by atoms with E-state index in [0.717, 1.165) is 11.1 Å². The maximum absolute atomic E-state index is 11.6. The molecule has 0 saturated heterocycles. The number of aromatic nitrogens is 3. The van der Waals surface area contributed by atoms with Crippen LogP contribution in [-0.2, 0) is 15.8 Å². The number of rotatable bonds is 3. The molecular formula is C12H10N4O3S. The summed E-state index contributed by atoms with van der Waals surface area (Å²) in [4.78, 5) is 15.2. The Morgan fingerprint density at radius 1 is 1.30 bits per heavy atom. The lowest BCUT2D eigenvalue weighted by Gasteiger charge is -2.00. The second kappa shape index (κ2) is 4.89. The van der Waals surface area contributed by atoms with Gasteiger partial charge in [0.1, 0.15) is 0 Å². The molecule has 1 N–H and O–H groups in total. The number of pyridine rings is 1. The number of carbonyl (C=O) groups is 1. The Labute approximate surface area is 116 Å². The summed E-state index contributed by atoms with van der Waals surface area (Å²) in [7, 11) is -0.0159. The van der Waals surface area contributed by atoms with Gasteiger partial charge in [-0.05, 0) is 6.07 Å². The van der Waals surface area contributed by atoms with Crippen LogP contribution in [0.3, 0.4) is 0 Å². The third-order valence-electron chi connectivity index (χ3n) is 2.73. The molecule has 2 aromatic heterocycles. The third kappa shape index (κ3) is 2.21. The zero-order valence-corrected chi connectivity index (χ0v) is 11.3. The summed E-state index contributed by atoms with van der Waals surface area (Å²) < 4.78 is 20.3. The van der Waals surface area contributed by atoms with Crippen LogP contribution in [0.25, 0.3) is 16.2 Å². The standard InChI is InChI=1S/C12H10N4O3S/c1-19-11-3-2-8(5-13-11)9-6-14-16(7-9)12-4-10(17)15-20(12)18/h2-7H,1H3,(H,15,17). The van der Waals surface area contributed by atoms with Gasteiger partial charge < -0.3 is 4.74 Å². The Morgan fingerprint density at radius 3 is 2.75 bits per heavy atom. The third-order valence-corrected chi connectivity index (χ3v) is 3.80. The Hall–Kier alpha value is -2.48. The molecule has 2 aromatic rings. The molecule has 0 aliphatic carbocycles. The molecule has 1 aliphatic heterocycles. The number of nitrogens with one attached hydrogen (secondary N) is 1. The fraction of sp³-hybridized carbons (Fsp3) is 0.0833. The predicted octanol–water partition coefficient (Wildman–Crippen LogP) is 0.546. The minimum Gasteiger partial charge on any atom is -0.481 e. The molecule has 1 amide bonds. The van der Waals surface area contributed by atoms with Gasteiger partial charge in [0.05, 0.1) is 13.3 Å². The summed E-state index contributed by atoms with van der Waals surface area (Å²) >= 11 is 0. The fourth-order valence-corrected chi connectivity index (χ4v) is 2.58. The molecule has 3 heterocycles. The van der Waals surface area contributed by atoms with Crippen molar-refractivity contribution in [3.8, 4) is 17.0 Å². The molecule has 8 heteroatoms. The van der Waals surface area contributed by atoms with Gasteiger partial charge >= 0.3 is 0 Å². The highest BCUT2D eigenvalue weighted by atomic mass is 32.2. The minimum absolute atomic E-state index is 0.308. The molecule has 0 fully saturated rings. The highest BCUT2D eigenvalue weighted by Crippen LogP contribution is 2.22. The summed E-state index contributed by atoms with van der Waals surface area (Å²) in [6.07, 6.45) is 6.22. The van der Waals surface area contributed by atoms with Gasteiger partial charge in [-0.2, -0.15) is 5.10 Å². The molecule has 7 nitrogen and oxygen atoms in total. The lowest BCUT2D eigenvalue weighted by molar-refractivity contribution is -0.114. The van der Waals surface area contributed by atoms with E-state index >= 15 is 0 Å². The van der Waals surface area contributed by atoms with Gasteiger partial charge in [0, 0.05) is 35.7 Å². The van der Waals surface area contributed by atoms with Crippen molar-refractivity contribution in [3.63, 3.8) is 0 Å². The average Bonchev–Trinajstić information content (AvgIpc) is 3.05. The Balaban J connectivity index is 1.92. The molecule has 102 valence electrons. The molecule has 0 radical (unpaired) electrons. The molecular weight excluding hydrogens is 280 g/mol. The van der Waals surface area contributed by atoms with Gasteiger partial charge in [-0.25, -0.2) is 13.9 Å². The van der Waals surface area contributed by atoms with Crippen LogP contribution in [0.2, 0.25) is 0 Å². The molecule has 20 heavy (non-hydrogen) atoms. The van der Waals surface area contributed by atoms with Crippen molar-refractivity contribution in [2.24, 2.45) is 0 Å². The van der Waals surface area contributed by atoms with Crippen molar-refractivity contribution in [1.29, 1.82) is 0 Å². The van der Waals surface area contributed by atoms with Crippen molar-refractivity contribution in [2.45, 2.75) is 0 Å². The summed E-state index contributed by atoms with van der Waals surface area (Å²) in [5.74, 6) is 0.136. The number of amides is 1. The Bertz CT molecular complexity index is 721. The van der Waals surface area contributed by atoms with E-state index in [0.29, 0.717) is 10.9 Å². The van der Waals surface area contributed by atoms with Gasteiger partial charge in [0.2, 0.25) is 5.88 Å². The zero-order chi connectivity index (χ0) is 14.1. The minimum atomic E-state index is -1.56. The maximum atomic E-state index is 11.6. The molecule has 1 aliphatic rings. The Kier molecular flexibility index (Phi) is 3.07. The van der Waals surface area contributed by atoms with Gasteiger partial charge in [-0.15, -0.1) is 0 Å². The first-order chi connectivity index (χ1) is 9.67. The van der Waals surface area contributed by atoms with Gasteiger partial charge in [-0.1, -0.05) is 0 Å². The van der Waals surface area contributed by atoms with Gasteiger partial charge in [0.25, 0.3) is 5.91 Å². The van der Waals surface area contributed by atoms with Gasteiger partial charge in [-0.3, -0.25) is 9.52 Å². The van der Waals surface area contributed by atoms with Crippen LogP contribution in [-0.4, -0.2) is 32.0 Å². The van der Waals surface area contributed by atoms with Crippen molar-refractivity contribution in [3.05, 3.63) is 36.8 Å². The largest absolute Gasteiger partial charge is 0.481 e. The molecule has 0 saturated carbocycles. The molecule has 0 aromatic carbocycles. The van der Waals surface area contributed by atoms with Crippen molar-refractivity contribution >= 4 is 21.9 Å². The smallest absolute Gasteiger partial charge is 0.258 e. The van der Waals surface area contributed by atoms with E-state index in [-0.39, 0.29) is 5.91 Å². The van der Waals surface area contributed by atoms with E-state index in [1.807, 2.05) is 6.07 Å².